The van der Waals surface area contributed by atoms with Crippen LogP contribution in [0, 0.1) is 5.92 Å². The number of rotatable bonds is 3. The van der Waals surface area contributed by atoms with Gasteiger partial charge < -0.3 is 5.32 Å². The summed E-state index contributed by atoms with van der Waals surface area (Å²) in [6, 6.07) is 0. The molecule has 0 unspecified atom stereocenters. The van der Waals surface area contributed by atoms with Gasteiger partial charge in [-0.05, 0) is 19.3 Å². The molecule has 0 spiro atoms. The average molecular weight is 139 g/mol. The Kier molecular flexibility index (Phi) is 2.10. The van der Waals surface area contributed by atoms with Gasteiger partial charge in [-0.1, -0.05) is 13.5 Å². The van der Waals surface area contributed by atoms with E-state index in [4.69, 9.17) is 0 Å². The third kappa shape index (κ3) is 1.87. The Labute approximate surface area is 61.3 Å². The Morgan fingerprint density at radius 2 is 2.30 bits per heavy atom. The summed E-state index contributed by atoms with van der Waals surface area (Å²) in [5, 5.41) is 2.76. The third-order valence-corrected chi connectivity index (χ3v) is 1.67. The van der Waals surface area contributed by atoms with Crippen molar-refractivity contribution in [2.45, 2.75) is 26.2 Å². The van der Waals surface area contributed by atoms with Gasteiger partial charge in [-0.2, -0.15) is 0 Å². The predicted octanol–water partition coefficient (Wildman–Crippen LogP) is 1.44. The summed E-state index contributed by atoms with van der Waals surface area (Å²) >= 11 is 0. The highest BCUT2D eigenvalue weighted by atomic mass is 16.2. The number of carbonyl (C=O) groups is 1. The molecule has 1 fully saturated rings. The second kappa shape index (κ2) is 2.86. The molecule has 1 aliphatic carbocycles. The van der Waals surface area contributed by atoms with Gasteiger partial charge in [-0.15, -0.1) is 0 Å². The van der Waals surface area contributed by atoms with E-state index in [1.807, 2.05) is 6.92 Å². The minimum absolute atomic E-state index is 0.159. The molecule has 1 saturated carbocycles. The summed E-state index contributed by atoms with van der Waals surface area (Å²) < 4.78 is 0. The molecule has 0 radical (unpaired) electrons. The van der Waals surface area contributed by atoms with E-state index in [0.717, 1.165) is 25.0 Å². The smallest absolute Gasteiger partial charge is 0.227 e. The molecule has 2 nitrogen and oxygen atoms in total. The standard InChI is InChI=1S/C8H13NO/c1-3-6(2)9-8(10)7-4-5-7/h7H,2-5H2,1H3,(H,9,10). The summed E-state index contributed by atoms with van der Waals surface area (Å²) in [6.07, 6.45) is 2.95. The topological polar surface area (TPSA) is 29.1 Å². The van der Waals surface area contributed by atoms with Crippen LogP contribution in [0.1, 0.15) is 26.2 Å². The van der Waals surface area contributed by atoms with Crippen molar-refractivity contribution in [3.63, 3.8) is 0 Å². The van der Waals surface area contributed by atoms with Gasteiger partial charge in [0, 0.05) is 11.6 Å². The van der Waals surface area contributed by atoms with Crippen LogP contribution in [0.5, 0.6) is 0 Å². The van der Waals surface area contributed by atoms with E-state index in [1.165, 1.54) is 0 Å². The first-order valence-electron chi connectivity index (χ1n) is 3.72. The normalized spacial score (nSPS) is 16.5. The maximum Gasteiger partial charge on any atom is 0.227 e. The van der Waals surface area contributed by atoms with Gasteiger partial charge >= 0.3 is 0 Å². The molecular weight excluding hydrogens is 126 g/mol. The predicted molar refractivity (Wildman–Crippen MR) is 40.3 cm³/mol. The van der Waals surface area contributed by atoms with Crippen LogP contribution in [0.4, 0.5) is 0 Å². The fraction of sp³-hybridized carbons (Fsp3) is 0.625. The van der Waals surface area contributed by atoms with E-state index in [2.05, 4.69) is 11.9 Å². The highest BCUT2D eigenvalue weighted by Gasteiger charge is 2.29. The fourth-order valence-electron chi connectivity index (χ4n) is 0.710. The number of amides is 1. The molecule has 1 rings (SSSR count). The fourth-order valence-corrected chi connectivity index (χ4v) is 0.710. The minimum Gasteiger partial charge on any atom is -0.330 e. The minimum atomic E-state index is 0.159. The van der Waals surface area contributed by atoms with Gasteiger partial charge in [0.2, 0.25) is 5.91 Å². The molecule has 1 N–H and O–H groups in total. The molecule has 10 heavy (non-hydrogen) atoms. The van der Waals surface area contributed by atoms with Gasteiger partial charge in [0.05, 0.1) is 0 Å². The molecule has 0 bridgehead atoms. The van der Waals surface area contributed by atoms with Crippen molar-refractivity contribution in [1.82, 2.24) is 5.32 Å². The van der Waals surface area contributed by atoms with Crippen molar-refractivity contribution < 1.29 is 4.79 Å². The molecule has 0 atom stereocenters. The molecule has 0 aromatic heterocycles. The molecule has 0 aliphatic heterocycles. The summed E-state index contributed by atoms with van der Waals surface area (Å²) in [5.74, 6) is 0.454. The van der Waals surface area contributed by atoms with Crippen LogP contribution in [0.2, 0.25) is 0 Å². The van der Waals surface area contributed by atoms with E-state index in [9.17, 15) is 4.79 Å². The highest BCUT2D eigenvalue weighted by Crippen LogP contribution is 2.28. The van der Waals surface area contributed by atoms with Crippen LogP contribution in [-0.2, 0) is 4.79 Å². The van der Waals surface area contributed by atoms with Gasteiger partial charge in [0.15, 0.2) is 0 Å². The van der Waals surface area contributed by atoms with E-state index in [-0.39, 0.29) is 5.91 Å². The van der Waals surface area contributed by atoms with E-state index >= 15 is 0 Å². The van der Waals surface area contributed by atoms with Crippen molar-refractivity contribution in [3.8, 4) is 0 Å². The quantitative estimate of drug-likeness (QED) is 0.629. The molecule has 1 aliphatic rings. The van der Waals surface area contributed by atoms with E-state index in [1.54, 1.807) is 0 Å². The van der Waals surface area contributed by atoms with Crippen molar-refractivity contribution in [1.29, 1.82) is 0 Å². The number of carbonyl (C=O) groups excluding carboxylic acids is 1. The Morgan fingerprint density at radius 1 is 1.70 bits per heavy atom. The van der Waals surface area contributed by atoms with Gasteiger partial charge in [0.25, 0.3) is 0 Å². The average Bonchev–Trinajstić information content (AvgIpc) is 2.68. The van der Waals surface area contributed by atoms with Crippen molar-refractivity contribution >= 4 is 5.91 Å². The summed E-state index contributed by atoms with van der Waals surface area (Å²) in [4.78, 5) is 11.0. The third-order valence-electron chi connectivity index (χ3n) is 1.67. The van der Waals surface area contributed by atoms with Crippen LogP contribution >= 0.6 is 0 Å². The Balaban J connectivity index is 2.23. The van der Waals surface area contributed by atoms with E-state index in [0.29, 0.717) is 5.92 Å². The number of allylic oxidation sites excluding steroid dienone is 1. The summed E-state index contributed by atoms with van der Waals surface area (Å²) in [7, 11) is 0. The molecular formula is C8H13NO. The molecule has 2 heteroatoms. The largest absolute Gasteiger partial charge is 0.330 e. The first-order valence-corrected chi connectivity index (χ1v) is 3.72. The molecule has 1 amide bonds. The first-order chi connectivity index (χ1) is 4.74. The number of nitrogens with one attached hydrogen (secondary N) is 1. The molecule has 56 valence electrons. The molecule has 0 aromatic carbocycles. The second-order valence-electron chi connectivity index (χ2n) is 2.72. The lowest BCUT2D eigenvalue weighted by Gasteiger charge is -2.03. The lowest BCUT2D eigenvalue weighted by atomic mass is 10.3. The van der Waals surface area contributed by atoms with Gasteiger partial charge in [0.1, 0.15) is 0 Å². The number of hydrogen-bond acceptors (Lipinski definition) is 1. The monoisotopic (exact) mass is 139 g/mol. The summed E-state index contributed by atoms with van der Waals surface area (Å²) in [5.41, 5.74) is 0.830. The summed E-state index contributed by atoms with van der Waals surface area (Å²) in [6.45, 7) is 5.67. The second-order valence-corrected chi connectivity index (χ2v) is 2.72. The zero-order valence-corrected chi connectivity index (χ0v) is 6.31. The van der Waals surface area contributed by atoms with E-state index < -0.39 is 0 Å². The highest BCUT2D eigenvalue weighted by molar-refractivity contribution is 5.82. The Bertz CT molecular complexity index is 159. The van der Waals surface area contributed by atoms with Crippen LogP contribution in [0.15, 0.2) is 12.3 Å². The zero-order chi connectivity index (χ0) is 7.56. The maximum absolute atomic E-state index is 11.0. The SMILES string of the molecule is C=C(CC)NC(=O)C1CC1. The van der Waals surface area contributed by atoms with Crippen LogP contribution in [0.25, 0.3) is 0 Å². The van der Waals surface area contributed by atoms with Gasteiger partial charge in [-0.25, -0.2) is 0 Å². The van der Waals surface area contributed by atoms with Crippen molar-refractivity contribution in [2.24, 2.45) is 5.92 Å². The maximum atomic E-state index is 11.0. The lowest BCUT2D eigenvalue weighted by molar-refractivity contribution is -0.121. The molecule has 0 aromatic rings. The molecule has 0 heterocycles. The number of hydrogen-bond donors (Lipinski definition) is 1. The Hall–Kier alpha value is -0.790. The van der Waals surface area contributed by atoms with Crippen molar-refractivity contribution in [3.05, 3.63) is 12.3 Å². The van der Waals surface area contributed by atoms with Gasteiger partial charge in [-0.3, -0.25) is 4.79 Å². The van der Waals surface area contributed by atoms with Crippen LogP contribution < -0.4 is 5.32 Å². The lowest BCUT2D eigenvalue weighted by Crippen LogP contribution is -2.23. The zero-order valence-electron chi connectivity index (χ0n) is 6.31. The van der Waals surface area contributed by atoms with Crippen LogP contribution in [-0.4, -0.2) is 5.91 Å². The van der Waals surface area contributed by atoms with Crippen LogP contribution in [0.3, 0.4) is 0 Å². The Morgan fingerprint density at radius 3 is 2.70 bits per heavy atom. The van der Waals surface area contributed by atoms with Crippen molar-refractivity contribution in [2.75, 3.05) is 0 Å². The first kappa shape index (κ1) is 7.32. The molecule has 0 saturated heterocycles.